The van der Waals surface area contributed by atoms with E-state index in [9.17, 15) is 13.2 Å². The Balaban J connectivity index is 1.81. The first kappa shape index (κ1) is 14.1. The Bertz CT molecular complexity index is 431. The third kappa shape index (κ3) is 3.83. The van der Waals surface area contributed by atoms with Crippen LogP contribution in [0.25, 0.3) is 0 Å². The Labute approximate surface area is 110 Å². The predicted octanol–water partition coefficient (Wildman–Crippen LogP) is 2.64. The molecule has 1 N–H and O–H groups in total. The zero-order valence-electron chi connectivity index (χ0n) is 10.9. The molecule has 19 heavy (non-hydrogen) atoms. The Morgan fingerprint density at radius 2 is 1.95 bits per heavy atom. The molecule has 106 valence electrons. The van der Waals surface area contributed by atoms with Crippen molar-refractivity contribution >= 4 is 5.82 Å². The van der Waals surface area contributed by atoms with Gasteiger partial charge in [-0.1, -0.05) is 6.92 Å². The van der Waals surface area contributed by atoms with Crippen molar-refractivity contribution in [3.05, 3.63) is 23.6 Å². The largest absolute Gasteiger partial charge is 0.366 e. The number of hydrogen-bond acceptors (Lipinski definition) is 3. The number of nitrogens with one attached hydrogen (secondary N) is 1. The fraction of sp³-hybridized carbons (Fsp3) is 0.615. The predicted molar refractivity (Wildman–Crippen MR) is 67.4 cm³/mol. The number of hydrogen-bond donors (Lipinski definition) is 1. The molecular formula is C13H18F3N3. The first-order valence-electron chi connectivity index (χ1n) is 6.54. The SMILES string of the molecule is CC1CCN(CCNc2nc(F)c(F)cc2F)CC1. The highest BCUT2D eigenvalue weighted by molar-refractivity contribution is 5.36. The molecule has 0 aliphatic carbocycles. The molecule has 1 aromatic heterocycles. The molecule has 1 aromatic rings. The van der Waals surface area contributed by atoms with Crippen molar-refractivity contribution in [2.45, 2.75) is 19.8 Å². The van der Waals surface area contributed by atoms with Gasteiger partial charge in [-0.25, -0.2) is 8.78 Å². The maximum atomic E-state index is 13.3. The van der Waals surface area contributed by atoms with E-state index in [1.54, 1.807) is 0 Å². The highest BCUT2D eigenvalue weighted by Crippen LogP contribution is 2.16. The summed E-state index contributed by atoms with van der Waals surface area (Å²) in [6.45, 7) is 5.49. The van der Waals surface area contributed by atoms with Gasteiger partial charge in [0.15, 0.2) is 17.5 Å². The van der Waals surface area contributed by atoms with E-state index in [4.69, 9.17) is 0 Å². The summed E-state index contributed by atoms with van der Waals surface area (Å²) >= 11 is 0. The molecule has 1 aliphatic rings. The van der Waals surface area contributed by atoms with Gasteiger partial charge in [0.05, 0.1) is 0 Å². The minimum Gasteiger partial charge on any atom is -0.366 e. The standard InChI is InChI=1S/C13H18F3N3/c1-9-2-5-19(6-3-9)7-4-17-13-11(15)8-10(14)12(16)18-13/h8-9H,2-7H2,1H3,(H,17,18). The van der Waals surface area contributed by atoms with E-state index in [1.165, 1.54) is 0 Å². The van der Waals surface area contributed by atoms with E-state index < -0.39 is 17.6 Å². The second-order valence-corrected chi connectivity index (χ2v) is 5.04. The molecule has 1 saturated heterocycles. The van der Waals surface area contributed by atoms with Crippen LogP contribution in [-0.4, -0.2) is 36.1 Å². The lowest BCUT2D eigenvalue weighted by Crippen LogP contribution is -2.36. The summed E-state index contributed by atoms with van der Waals surface area (Å²) in [7, 11) is 0. The van der Waals surface area contributed by atoms with E-state index in [0.717, 1.165) is 38.4 Å². The number of nitrogens with zero attached hydrogens (tertiary/aromatic N) is 2. The minimum atomic E-state index is -1.28. The Morgan fingerprint density at radius 3 is 2.63 bits per heavy atom. The molecule has 0 unspecified atom stereocenters. The minimum absolute atomic E-state index is 0.232. The van der Waals surface area contributed by atoms with Crippen molar-refractivity contribution in [2.24, 2.45) is 5.92 Å². The quantitative estimate of drug-likeness (QED) is 0.855. The zero-order chi connectivity index (χ0) is 13.8. The highest BCUT2D eigenvalue weighted by atomic mass is 19.2. The second-order valence-electron chi connectivity index (χ2n) is 5.04. The van der Waals surface area contributed by atoms with Gasteiger partial charge in [0, 0.05) is 19.2 Å². The van der Waals surface area contributed by atoms with Crippen molar-refractivity contribution in [1.29, 1.82) is 0 Å². The molecule has 3 nitrogen and oxygen atoms in total. The van der Waals surface area contributed by atoms with E-state index in [-0.39, 0.29) is 5.82 Å². The van der Waals surface area contributed by atoms with E-state index in [0.29, 0.717) is 12.6 Å². The second kappa shape index (κ2) is 6.23. The molecule has 0 radical (unpaired) electrons. The van der Waals surface area contributed by atoms with Crippen LogP contribution < -0.4 is 5.32 Å². The van der Waals surface area contributed by atoms with Crippen LogP contribution in [0.3, 0.4) is 0 Å². The Morgan fingerprint density at radius 1 is 1.26 bits per heavy atom. The Hall–Kier alpha value is -1.30. The molecule has 2 rings (SSSR count). The van der Waals surface area contributed by atoms with Crippen molar-refractivity contribution < 1.29 is 13.2 Å². The number of anilines is 1. The number of pyridine rings is 1. The molecule has 0 amide bonds. The number of halogens is 3. The lowest BCUT2D eigenvalue weighted by atomic mass is 9.99. The van der Waals surface area contributed by atoms with Crippen LogP contribution in [0.15, 0.2) is 6.07 Å². The normalized spacial score (nSPS) is 17.7. The van der Waals surface area contributed by atoms with Crippen LogP contribution in [-0.2, 0) is 0 Å². The molecule has 0 saturated carbocycles. The van der Waals surface area contributed by atoms with Crippen LogP contribution in [0.4, 0.5) is 19.0 Å². The van der Waals surface area contributed by atoms with Gasteiger partial charge in [-0.15, -0.1) is 0 Å². The van der Waals surface area contributed by atoms with Gasteiger partial charge in [0.2, 0.25) is 0 Å². The molecule has 0 atom stereocenters. The van der Waals surface area contributed by atoms with Gasteiger partial charge >= 0.3 is 0 Å². The van der Waals surface area contributed by atoms with Crippen LogP contribution >= 0.6 is 0 Å². The molecule has 1 aliphatic heterocycles. The summed E-state index contributed by atoms with van der Waals surface area (Å²) in [5.74, 6) is -2.89. The van der Waals surface area contributed by atoms with Crippen LogP contribution in [0, 0.1) is 23.5 Å². The van der Waals surface area contributed by atoms with Gasteiger partial charge in [-0.2, -0.15) is 9.37 Å². The van der Waals surface area contributed by atoms with Crippen LogP contribution in [0.5, 0.6) is 0 Å². The highest BCUT2D eigenvalue weighted by Gasteiger charge is 2.16. The average Bonchev–Trinajstić information content (AvgIpc) is 2.38. The lowest BCUT2D eigenvalue weighted by Gasteiger charge is -2.30. The fourth-order valence-electron chi connectivity index (χ4n) is 2.19. The van der Waals surface area contributed by atoms with E-state index in [1.807, 2.05) is 0 Å². The fourth-order valence-corrected chi connectivity index (χ4v) is 2.19. The van der Waals surface area contributed by atoms with Gasteiger partial charge in [0.1, 0.15) is 0 Å². The van der Waals surface area contributed by atoms with Crippen molar-refractivity contribution in [1.82, 2.24) is 9.88 Å². The molecule has 0 spiro atoms. The van der Waals surface area contributed by atoms with Crippen LogP contribution in [0.2, 0.25) is 0 Å². The summed E-state index contributed by atoms with van der Waals surface area (Å²) in [6.07, 6.45) is 2.33. The van der Waals surface area contributed by atoms with Crippen LogP contribution in [0.1, 0.15) is 19.8 Å². The summed E-state index contributed by atoms with van der Waals surface area (Å²) in [6, 6.07) is 0.507. The molecule has 2 heterocycles. The van der Waals surface area contributed by atoms with Gasteiger partial charge in [0.25, 0.3) is 5.95 Å². The van der Waals surface area contributed by atoms with Crippen molar-refractivity contribution in [2.75, 3.05) is 31.5 Å². The smallest absolute Gasteiger partial charge is 0.251 e. The maximum absolute atomic E-state index is 13.3. The summed E-state index contributed by atoms with van der Waals surface area (Å²) < 4.78 is 38.9. The lowest BCUT2D eigenvalue weighted by molar-refractivity contribution is 0.199. The maximum Gasteiger partial charge on any atom is 0.251 e. The zero-order valence-corrected chi connectivity index (χ0v) is 10.9. The van der Waals surface area contributed by atoms with Gasteiger partial charge in [-0.3, -0.25) is 0 Å². The third-order valence-electron chi connectivity index (χ3n) is 3.48. The van der Waals surface area contributed by atoms with Crippen molar-refractivity contribution in [3.8, 4) is 0 Å². The Kier molecular flexibility index (Phi) is 4.63. The molecule has 6 heteroatoms. The van der Waals surface area contributed by atoms with E-state index in [2.05, 4.69) is 22.1 Å². The summed E-state index contributed by atoms with van der Waals surface area (Å²) in [5.41, 5.74) is 0. The first-order chi connectivity index (χ1) is 9.06. The number of piperidine rings is 1. The molecule has 0 aromatic carbocycles. The third-order valence-corrected chi connectivity index (χ3v) is 3.48. The topological polar surface area (TPSA) is 28.2 Å². The monoisotopic (exact) mass is 273 g/mol. The van der Waals surface area contributed by atoms with Crippen molar-refractivity contribution in [3.63, 3.8) is 0 Å². The number of aromatic nitrogens is 1. The summed E-state index contributed by atoms with van der Waals surface area (Å²) in [4.78, 5) is 5.49. The van der Waals surface area contributed by atoms with Gasteiger partial charge in [-0.05, 0) is 31.8 Å². The molecule has 0 bridgehead atoms. The van der Waals surface area contributed by atoms with Gasteiger partial charge < -0.3 is 10.2 Å². The number of likely N-dealkylation sites (tertiary alicyclic amines) is 1. The van der Waals surface area contributed by atoms with E-state index >= 15 is 0 Å². The average molecular weight is 273 g/mol. The molecular weight excluding hydrogens is 255 g/mol. The first-order valence-corrected chi connectivity index (χ1v) is 6.54. The number of rotatable bonds is 4. The summed E-state index contributed by atoms with van der Waals surface area (Å²) in [5, 5.41) is 2.71. The molecule has 1 fully saturated rings.